The van der Waals surface area contributed by atoms with Gasteiger partial charge in [0.25, 0.3) is 0 Å². The summed E-state index contributed by atoms with van der Waals surface area (Å²) >= 11 is 0. The monoisotopic (exact) mass is 403 g/mol. The minimum atomic E-state index is -0.573. The summed E-state index contributed by atoms with van der Waals surface area (Å²) in [5, 5.41) is 2.83. The van der Waals surface area contributed by atoms with Gasteiger partial charge in [-0.3, -0.25) is 4.79 Å². The summed E-state index contributed by atoms with van der Waals surface area (Å²) in [7, 11) is 1.59. The Bertz CT molecular complexity index is 966. The molecule has 0 aliphatic carbocycles. The number of carbonyl (C=O) groups is 2. The fourth-order valence-corrected chi connectivity index (χ4v) is 3.04. The third-order valence-electron chi connectivity index (χ3n) is 4.79. The summed E-state index contributed by atoms with van der Waals surface area (Å²) in [5.74, 6) is 0.646. The number of aryl methyl sites for hydroxylation is 1. The van der Waals surface area contributed by atoms with Crippen molar-refractivity contribution < 1.29 is 19.1 Å². The van der Waals surface area contributed by atoms with Gasteiger partial charge < -0.3 is 14.8 Å². The van der Waals surface area contributed by atoms with E-state index in [1.54, 1.807) is 31.4 Å². The highest BCUT2D eigenvalue weighted by molar-refractivity contribution is 5.96. The number of hydrogen-bond donors (Lipinski definition) is 1. The second-order valence-corrected chi connectivity index (χ2v) is 7.03. The van der Waals surface area contributed by atoms with Gasteiger partial charge in [-0.15, -0.1) is 0 Å². The first-order chi connectivity index (χ1) is 14.5. The van der Waals surface area contributed by atoms with E-state index >= 15 is 0 Å². The average Bonchev–Trinajstić information content (AvgIpc) is 2.78. The van der Waals surface area contributed by atoms with Gasteiger partial charge in [-0.05, 0) is 30.2 Å². The Morgan fingerprint density at radius 1 is 0.900 bits per heavy atom. The minimum Gasteiger partial charge on any atom is -0.497 e. The van der Waals surface area contributed by atoms with Crippen molar-refractivity contribution in [3.63, 3.8) is 0 Å². The second-order valence-electron chi connectivity index (χ2n) is 7.03. The number of amides is 1. The van der Waals surface area contributed by atoms with E-state index in [1.165, 1.54) is 0 Å². The van der Waals surface area contributed by atoms with Crippen molar-refractivity contribution in [1.82, 2.24) is 5.32 Å². The van der Waals surface area contributed by atoms with Gasteiger partial charge in [-0.2, -0.15) is 0 Å². The Morgan fingerprint density at radius 3 is 2.20 bits per heavy atom. The van der Waals surface area contributed by atoms with Crippen LogP contribution in [0.25, 0.3) is 0 Å². The predicted octanol–water partition coefficient (Wildman–Crippen LogP) is 5.24. The van der Waals surface area contributed by atoms with Gasteiger partial charge in [-0.1, -0.05) is 72.3 Å². The number of Topliss-reactive ketones (excluding diaryl/α,β-unsaturated/α-hetero) is 1. The second kappa shape index (κ2) is 10.3. The topological polar surface area (TPSA) is 64.6 Å². The van der Waals surface area contributed by atoms with Crippen LogP contribution in [0.2, 0.25) is 0 Å². The van der Waals surface area contributed by atoms with Crippen LogP contribution in [0.3, 0.4) is 0 Å². The maximum Gasteiger partial charge on any atom is 0.407 e. The molecule has 0 aromatic heterocycles. The molecule has 0 radical (unpaired) electrons. The van der Waals surface area contributed by atoms with E-state index in [-0.39, 0.29) is 18.8 Å². The van der Waals surface area contributed by atoms with Crippen LogP contribution < -0.4 is 10.1 Å². The quantitative estimate of drug-likeness (QED) is 0.522. The number of carbonyl (C=O) groups excluding carboxylic acids is 2. The van der Waals surface area contributed by atoms with Gasteiger partial charge in [0, 0.05) is 12.0 Å². The van der Waals surface area contributed by atoms with Crippen LogP contribution in [-0.4, -0.2) is 19.0 Å². The van der Waals surface area contributed by atoms with Gasteiger partial charge >= 0.3 is 6.09 Å². The molecule has 0 heterocycles. The zero-order valence-corrected chi connectivity index (χ0v) is 17.1. The van der Waals surface area contributed by atoms with Crippen LogP contribution in [0.15, 0.2) is 78.9 Å². The van der Waals surface area contributed by atoms with Crippen LogP contribution >= 0.6 is 0 Å². The molecule has 5 nitrogen and oxygen atoms in total. The number of rotatable bonds is 8. The smallest absolute Gasteiger partial charge is 0.407 e. The number of methoxy groups -OCH3 is 1. The highest BCUT2D eigenvalue weighted by atomic mass is 16.5. The van der Waals surface area contributed by atoms with Crippen molar-refractivity contribution >= 4 is 11.9 Å². The first-order valence-electron chi connectivity index (χ1n) is 9.76. The molecule has 5 heteroatoms. The zero-order valence-electron chi connectivity index (χ0n) is 17.1. The van der Waals surface area contributed by atoms with Gasteiger partial charge in [0.1, 0.15) is 12.4 Å². The van der Waals surface area contributed by atoms with Gasteiger partial charge in [0.05, 0.1) is 13.2 Å². The summed E-state index contributed by atoms with van der Waals surface area (Å²) in [5.41, 5.74) is 3.39. The SMILES string of the molecule is COc1ccc(C(CC(=O)c2ccc(C)cc2)NC(=O)OCc2ccccc2)cc1. The highest BCUT2D eigenvalue weighted by Crippen LogP contribution is 2.23. The first-order valence-corrected chi connectivity index (χ1v) is 9.76. The molecule has 3 rings (SSSR count). The van der Waals surface area contributed by atoms with Gasteiger partial charge in [0.2, 0.25) is 0 Å². The normalized spacial score (nSPS) is 11.4. The molecular weight excluding hydrogens is 378 g/mol. The molecule has 0 aliphatic heterocycles. The summed E-state index contributed by atoms with van der Waals surface area (Å²) in [6, 6.07) is 23.6. The van der Waals surface area contributed by atoms with Crippen LogP contribution in [0.1, 0.15) is 39.5 Å². The van der Waals surface area contributed by atoms with E-state index in [0.29, 0.717) is 11.3 Å². The molecule has 0 bridgehead atoms. The molecule has 3 aromatic rings. The fraction of sp³-hybridized carbons (Fsp3) is 0.200. The van der Waals surface area contributed by atoms with Gasteiger partial charge in [0.15, 0.2) is 5.78 Å². The molecule has 1 N–H and O–H groups in total. The Labute approximate surface area is 176 Å². The lowest BCUT2D eigenvalue weighted by Crippen LogP contribution is -2.30. The molecule has 1 unspecified atom stereocenters. The molecule has 0 saturated heterocycles. The number of hydrogen-bond acceptors (Lipinski definition) is 4. The summed E-state index contributed by atoms with van der Waals surface area (Å²) in [4.78, 5) is 25.2. The van der Waals surface area contributed by atoms with E-state index in [2.05, 4.69) is 5.32 Å². The molecule has 154 valence electrons. The number of alkyl carbamates (subject to hydrolysis) is 1. The lowest BCUT2D eigenvalue weighted by atomic mass is 9.97. The van der Waals surface area contributed by atoms with E-state index in [1.807, 2.05) is 61.5 Å². The fourth-order valence-electron chi connectivity index (χ4n) is 3.04. The molecular formula is C25H25NO4. The first kappa shape index (κ1) is 21.1. The van der Waals surface area contributed by atoms with Crippen LogP contribution in [0.5, 0.6) is 5.75 Å². The van der Waals surface area contributed by atoms with E-state index in [4.69, 9.17) is 9.47 Å². The van der Waals surface area contributed by atoms with E-state index < -0.39 is 12.1 Å². The number of ether oxygens (including phenoxy) is 2. The summed E-state index contributed by atoms with van der Waals surface area (Å²) in [6.07, 6.45) is -0.452. The Hall–Kier alpha value is -3.60. The third kappa shape index (κ3) is 5.95. The lowest BCUT2D eigenvalue weighted by Gasteiger charge is -2.19. The predicted molar refractivity (Wildman–Crippen MR) is 116 cm³/mol. The molecule has 0 spiro atoms. The molecule has 1 amide bonds. The van der Waals surface area contributed by atoms with Crippen LogP contribution in [0.4, 0.5) is 4.79 Å². The van der Waals surface area contributed by atoms with Crippen LogP contribution in [0, 0.1) is 6.92 Å². The van der Waals surface area contributed by atoms with Crippen molar-refractivity contribution in [3.05, 3.63) is 101 Å². The maximum atomic E-state index is 12.8. The van der Waals surface area contributed by atoms with Gasteiger partial charge in [-0.25, -0.2) is 4.79 Å². The zero-order chi connectivity index (χ0) is 21.3. The molecule has 30 heavy (non-hydrogen) atoms. The molecule has 1 atom stereocenters. The van der Waals surface area contributed by atoms with Crippen molar-refractivity contribution in [3.8, 4) is 5.75 Å². The Morgan fingerprint density at radius 2 is 1.57 bits per heavy atom. The van der Waals surface area contributed by atoms with Crippen molar-refractivity contribution in [2.75, 3.05) is 7.11 Å². The highest BCUT2D eigenvalue weighted by Gasteiger charge is 2.20. The largest absolute Gasteiger partial charge is 0.497 e. The standard InChI is InChI=1S/C25H25NO4/c1-18-8-10-21(11-9-18)24(27)16-23(20-12-14-22(29-2)15-13-20)26-25(28)30-17-19-6-4-3-5-7-19/h3-15,23H,16-17H2,1-2H3,(H,26,28). The van der Waals surface area contributed by atoms with E-state index in [0.717, 1.165) is 16.7 Å². The average molecular weight is 403 g/mol. The maximum absolute atomic E-state index is 12.8. The summed E-state index contributed by atoms with van der Waals surface area (Å²) < 4.78 is 10.5. The molecule has 0 aliphatic rings. The Kier molecular flexibility index (Phi) is 7.22. The molecule has 0 saturated carbocycles. The van der Waals surface area contributed by atoms with Crippen molar-refractivity contribution in [1.29, 1.82) is 0 Å². The Balaban J connectivity index is 1.71. The minimum absolute atomic E-state index is 0.0563. The third-order valence-corrected chi connectivity index (χ3v) is 4.79. The van der Waals surface area contributed by atoms with Crippen molar-refractivity contribution in [2.24, 2.45) is 0 Å². The number of benzene rings is 3. The van der Waals surface area contributed by atoms with Crippen molar-refractivity contribution in [2.45, 2.75) is 26.0 Å². The number of ketones is 1. The number of nitrogens with one attached hydrogen (secondary N) is 1. The lowest BCUT2D eigenvalue weighted by molar-refractivity contribution is 0.0963. The van der Waals surface area contributed by atoms with Crippen LogP contribution in [-0.2, 0) is 11.3 Å². The van der Waals surface area contributed by atoms with E-state index in [9.17, 15) is 9.59 Å². The molecule has 0 fully saturated rings. The molecule has 3 aromatic carbocycles. The summed E-state index contributed by atoms with van der Waals surface area (Å²) in [6.45, 7) is 2.13.